The van der Waals surface area contributed by atoms with Crippen LogP contribution in [0.25, 0.3) is 0 Å². The number of sulfonamides is 1. The smallest absolute Gasteiger partial charge is 0.243 e. The highest BCUT2D eigenvalue weighted by atomic mass is 32.2. The maximum atomic E-state index is 12.8. The van der Waals surface area contributed by atoms with Crippen molar-refractivity contribution in [1.29, 1.82) is 0 Å². The van der Waals surface area contributed by atoms with Crippen LogP contribution in [0.1, 0.15) is 57.8 Å². The number of likely N-dealkylation sites (N-methyl/N-ethyl adjacent to an activating group) is 1. The maximum Gasteiger partial charge on any atom is 0.243 e. The molecule has 1 aliphatic heterocycles. The van der Waals surface area contributed by atoms with E-state index in [9.17, 15) is 13.2 Å². The van der Waals surface area contributed by atoms with Crippen molar-refractivity contribution in [2.75, 3.05) is 32.0 Å². The quantitative estimate of drug-likeness (QED) is 0.733. The van der Waals surface area contributed by atoms with Crippen LogP contribution in [0.5, 0.6) is 0 Å². The van der Waals surface area contributed by atoms with Crippen LogP contribution >= 0.6 is 0 Å². The number of nitrogens with one attached hydrogen (secondary N) is 1. The van der Waals surface area contributed by atoms with Crippen LogP contribution in [0.3, 0.4) is 0 Å². The van der Waals surface area contributed by atoms with Crippen LogP contribution < -0.4 is 5.32 Å². The Hall–Kier alpha value is -1.44. The lowest BCUT2D eigenvalue weighted by atomic mass is 10.1. The molecule has 1 N–H and O–H groups in total. The molecule has 1 heterocycles. The van der Waals surface area contributed by atoms with Crippen molar-refractivity contribution in [2.45, 2.75) is 68.7 Å². The van der Waals surface area contributed by atoms with Gasteiger partial charge >= 0.3 is 0 Å². The fraction of sp³-hybridized carbons (Fsp3) is 0.667. The van der Waals surface area contributed by atoms with Crippen LogP contribution in [0.15, 0.2) is 29.2 Å². The molecule has 0 unspecified atom stereocenters. The molecule has 1 amide bonds. The minimum atomic E-state index is -3.49. The van der Waals surface area contributed by atoms with Crippen LogP contribution in [-0.2, 0) is 14.8 Å². The molecule has 1 saturated heterocycles. The number of carbonyl (C=O) groups excluding carboxylic acids is 1. The molecule has 0 spiro atoms. The standard InChI is InChI=1S/C21H33N3O3S/c1-23(19-11-5-2-3-6-12-19)17-21(25)22-18-10-9-13-20(16-18)28(26,27)24-14-7-4-8-15-24/h9-10,13,16,19H,2-8,11-12,14-15,17H2,1H3,(H,22,25). The SMILES string of the molecule is CN(CC(=O)Nc1cccc(S(=O)(=O)N2CCCCC2)c1)C1CCCCCC1. The van der Waals surface area contributed by atoms with Gasteiger partial charge in [0.15, 0.2) is 0 Å². The van der Waals surface area contributed by atoms with Crippen LogP contribution in [0.4, 0.5) is 5.69 Å². The van der Waals surface area contributed by atoms with Gasteiger partial charge in [-0.25, -0.2) is 8.42 Å². The number of benzene rings is 1. The first-order valence-electron chi connectivity index (χ1n) is 10.6. The second-order valence-corrected chi connectivity index (χ2v) is 10.0. The summed E-state index contributed by atoms with van der Waals surface area (Å²) in [6.45, 7) is 1.48. The molecule has 28 heavy (non-hydrogen) atoms. The zero-order chi connectivity index (χ0) is 20.0. The highest BCUT2D eigenvalue weighted by molar-refractivity contribution is 7.89. The molecule has 1 aliphatic carbocycles. The summed E-state index contributed by atoms with van der Waals surface area (Å²) < 4.78 is 27.2. The molecule has 156 valence electrons. The normalized spacial score (nSPS) is 20.1. The van der Waals surface area contributed by atoms with Gasteiger partial charge < -0.3 is 5.32 Å². The summed E-state index contributed by atoms with van der Waals surface area (Å²) in [5.74, 6) is -0.0979. The van der Waals surface area contributed by atoms with Crippen LogP contribution in [0, 0.1) is 0 Å². The topological polar surface area (TPSA) is 69.7 Å². The fourth-order valence-corrected chi connectivity index (χ4v) is 5.81. The number of anilines is 1. The molecule has 3 rings (SSSR count). The van der Waals surface area contributed by atoms with Gasteiger partial charge in [-0.15, -0.1) is 0 Å². The van der Waals surface area contributed by atoms with E-state index in [1.54, 1.807) is 28.6 Å². The Morgan fingerprint density at radius 2 is 1.71 bits per heavy atom. The molecular formula is C21H33N3O3S. The summed E-state index contributed by atoms with van der Waals surface area (Å²) in [6, 6.07) is 7.09. The summed E-state index contributed by atoms with van der Waals surface area (Å²) in [4.78, 5) is 14.9. The van der Waals surface area contributed by atoms with Crippen molar-refractivity contribution in [3.63, 3.8) is 0 Å². The van der Waals surface area contributed by atoms with Gasteiger partial charge in [-0.3, -0.25) is 9.69 Å². The monoisotopic (exact) mass is 407 g/mol. The van der Waals surface area contributed by atoms with Crippen LogP contribution in [0.2, 0.25) is 0 Å². The Morgan fingerprint density at radius 1 is 1.07 bits per heavy atom. The minimum Gasteiger partial charge on any atom is -0.325 e. The van der Waals surface area contributed by atoms with Crippen molar-refractivity contribution >= 4 is 21.6 Å². The van der Waals surface area contributed by atoms with Crippen molar-refractivity contribution in [1.82, 2.24) is 9.21 Å². The van der Waals surface area contributed by atoms with Crippen molar-refractivity contribution in [3.8, 4) is 0 Å². The Labute approximate surface area is 169 Å². The second kappa shape index (κ2) is 9.85. The number of hydrogen-bond acceptors (Lipinski definition) is 4. The molecule has 7 heteroatoms. The Balaban J connectivity index is 1.61. The first kappa shape index (κ1) is 21.3. The van der Waals surface area contributed by atoms with Gasteiger partial charge in [0.2, 0.25) is 15.9 Å². The molecular weight excluding hydrogens is 374 g/mol. The first-order valence-corrected chi connectivity index (χ1v) is 12.0. The average Bonchev–Trinajstić information content (AvgIpc) is 2.98. The van der Waals surface area contributed by atoms with Crippen molar-refractivity contribution < 1.29 is 13.2 Å². The van der Waals surface area contributed by atoms with Gasteiger partial charge in [-0.2, -0.15) is 4.31 Å². The van der Waals surface area contributed by atoms with E-state index in [0.717, 1.165) is 32.1 Å². The van der Waals surface area contributed by atoms with Gasteiger partial charge in [0.25, 0.3) is 0 Å². The average molecular weight is 408 g/mol. The van der Waals surface area contributed by atoms with E-state index in [2.05, 4.69) is 10.2 Å². The molecule has 6 nitrogen and oxygen atoms in total. The van der Waals surface area contributed by atoms with E-state index in [-0.39, 0.29) is 10.8 Å². The van der Waals surface area contributed by atoms with E-state index in [1.807, 2.05) is 7.05 Å². The highest BCUT2D eigenvalue weighted by Gasteiger charge is 2.26. The van der Waals surface area contributed by atoms with Crippen molar-refractivity contribution in [2.24, 2.45) is 0 Å². The van der Waals surface area contributed by atoms with Gasteiger partial charge in [-0.1, -0.05) is 38.2 Å². The van der Waals surface area contributed by atoms with Gasteiger partial charge in [0.05, 0.1) is 11.4 Å². The fourth-order valence-electron chi connectivity index (χ4n) is 4.24. The predicted octanol–water partition coefficient (Wildman–Crippen LogP) is 3.45. The van der Waals surface area contributed by atoms with E-state index in [4.69, 9.17) is 0 Å². The number of nitrogens with zero attached hydrogens (tertiary/aromatic N) is 2. The third kappa shape index (κ3) is 5.55. The summed E-state index contributed by atoms with van der Waals surface area (Å²) >= 11 is 0. The molecule has 0 radical (unpaired) electrons. The maximum absolute atomic E-state index is 12.8. The lowest BCUT2D eigenvalue weighted by molar-refractivity contribution is -0.117. The van der Waals surface area contributed by atoms with E-state index in [0.29, 0.717) is 31.4 Å². The summed E-state index contributed by atoms with van der Waals surface area (Å²) in [5.41, 5.74) is 0.539. The minimum absolute atomic E-state index is 0.0979. The summed E-state index contributed by atoms with van der Waals surface area (Å²) in [7, 11) is -1.49. The van der Waals surface area contributed by atoms with Gasteiger partial charge in [0, 0.05) is 24.8 Å². The lowest BCUT2D eigenvalue weighted by Gasteiger charge is -2.27. The first-order chi connectivity index (χ1) is 13.5. The highest BCUT2D eigenvalue weighted by Crippen LogP contribution is 2.23. The number of rotatable bonds is 6. The predicted molar refractivity (Wildman–Crippen MR) is 112 cm³/mol. The number of carbonyl (C=O) groups is 1. The molecule has 0 aromatic heterocycles. The Bertz CT molecular complexity index is 752. The molecule has 0 bridgehead atoms. The summed E-state index contributed by atoms with van der Waals surface area (Å²) in [5, 5.41) is 2.88. The lowest BCUT2D eigenvalue weighted by Crippen LogP contribution is -2.38. The summed E-state index contributed by atoms with van der Waals surface area (Å²) in [6.07, 6.45) is 10.2. The second-order valence-electron chi connectivity index (χ2n) is 8.10. The third-order valence-corrected chi connectivity index (χ3v) is 7.81. The molecule has 1 aromatic carbocycles. The third-order valence-electron chi connectivity index (χ3n) is 5.91. The van der Waals surface area contributed by atoms with E-state index >= 15 is 0 Å². The van der Waals surface area contributed by atoms with Crippen molar-refractivity contribution in [3.05, 3.63) is 24.3 Å². The van der Waals surface area contributed by atoms with Gasteiger partial charge in [0.1, 0.15) is 0 Å². The zero-order valence-corrected chi connectivity index (χ0v) is 17.7. The zero-order valence-electron chi connectivity index (χ0n) is 16.9. The molecule has 1 saturated carbocycles. The van der Waals surface area contributed by atoms with Crippen LogP contribution in [-0.4, -0.2) is 56.3 Å². The molecule has 1 aromatic rings. The number of hydrogen-bond donors (Lipinski definition) is 1. The van der Waals surface area contributed by atoms with Gasteiger partial charge in [-0.05, 0) is 50.9 Å². The number of amides is 1. The molecule has 2 aliphatic rings. The Morgan fingerprint density at radius 3 is 2.39 bits per heavy atom. The van der Waals surface area contributed by atoms with E-state index in [1.165, 1.54) is 25.7 Å². The molecule has 0 atom stereocenters. The number of piperidine rings is 1. The largest absolute Gasteiger partial charge is 0.325 e. The molecule has 2 fully saturated rings. The Kier molecular flexibility index (Phi) is 7.48. The van der Waals surface area contributed by atoms with E-state index < -0.39 is 10.0 Å².